The third-order valence-electron chi connectivity index (χ3n) is 9.37. The molecule has 1 aromatic carbocycles. The molecule has 6 N–H and O–H groups in total. The molecule has 3 atom stereocenters. The second-order valence-corrected chi connectivity index (χ2v) is 12.8. The maximum absolute atomic E-state index is 12.5. The van der Waals surface area contributed by atoms with E-state index >= 15 is 0 Å². The van der Waals surface area contributed by atoms with Gasteiger partial charge in [-0.2, -0.15) is 0 Å². The summed E-state index contributed by atoms with van der Waals surface area (Å²) in [6, 6.07) is 4.00. The molecule has 0 radical (unpaired) electrons. The Balaban J connectivity index is 1.44. The second kappa shape index (κ2) is 17.9. The number of piperidine rings is 1. The quantitative estimate of drug-likeness (QED) is 0.0777. The van der Waals surface area contributed by atoms with Crippen molar-refractivity contribution in [2.75, 3.05) is 64.1 Å². The van der Waals surface area contributed by atoms with Crippen LogP contribution in [0.25, 0.3) is 5.70 Å². The molecule has 2 aliphatic heterocycles. The van der Waals surface area contributed by atoms with Crippen molar-refractivity contribution in [3.8, 4) is 0 Å². The van der Waals surface area contributed by atoms with Gasteiger partial charge < -0.3 is 46.0 Å². The van der Waals surface area contributed by atoms with Gasteiger partial charge in [0.2, 0.25) is 0 Å². The van der Waals surface area contributed by atoms with Crippen LogP contribution < -0.4 is 21.3 Å². The predicted molar refractivity (Wildman–Crippen MR) is 192 cm³/mol. The summed E-state index contributed by atoms with van der Waals surface area (Å²) < 4.78 is 5.98. The normalized spacial score (nSPS) is 20.8. The molecule has 1 fully saturated rings. The van der Waals surface area contributed by atoms with Crippen LogP contribution in [0.1, 0.15) is 61.9 Å². The first kappa shape index (κ1) is 36.8. The lowest BCUT2D eigenvalue weighted by atomic mass is 9.95. The Labute approximate surface area is 285 Å². The standard InChI is InChI=1S/C37H54N6O5/c1-6-27-18-25(2)8-9-36(27)48-24-30(47)21-39-33(10-13-38-4)32(23-46)37-40-34-19-28(22-45)31(20-35(34)41-37)26(3)42(5)29-11-15-43(16-12-29)14-7-17-44/h9-10,13,18-20,22-23,25,29-30,37-41,44,47H,3,6-8,11-12,14-17,21,24H2,1-2,4-5H3/b13-10-,33-32-. The number of fused-ring (bicyclic) bond motifs is 1. The molecule has 11 heteroatoms. The smallest absolute Gasteiger partial charge is 0.152 e. The summed E-state index contributed by atoms with van der Waals surface area (Å²) in [6.45, 7) is 11.9. The number of nitrogens with one attached hydrogen (secondary N) is 4. The number of benzene rings is 1. The highest BCUT2D eigenvalue weighted by molar-refractivity contribution is 5.93. The lowest BCUT2D eigenvalue weighted by Gasteiger charge is -2.38. The summed E-state index contributed by atoms with van der Waals surface area (Å²) in [7, 11) is 3.79. The summed E-state index contributed by atoms with van der Waals surface area (Å²) in [5.41, 5.74) is 5.57. The Kier molecular flexibility index (Phi) is 13.7. The number of ether oxygens (including phenoxy) is 1. The van der Waals surface area contributed by atoms with Gasteiger partial charge in [0.05, 0.1) is 16.9 Å². The predicted octanol–water partition coefficient (Wildman–Crippen LogP) is 3.83. The number of nitrogens with zero attached hydrogens (tertiary/aromatic N) is 2. The third-order valence-corrected chi connectivity index (χ3v) is 9.37. The molecule has 48 heavy (non-hydrogen) atoms. The van der Waals surface area contributed by atoms with Crippen LogP contribution >= 0.6 is 0 Å². The zero-order chi connectivity index (χ0) is 34.6. The molecule has 262 valence electrons. The van der Waals surface area contributed by atoms with Gasteiger partial charge in [-0.3, -0.25) is 9.59 Å². The van der Waals surface area contributed by atoms with Gasteiger partial charge in [-0.25, -0.2) is 0 Å². The Morgan fingerprint density at radius 3 is 2.60 bits per heavy atom. The number of aliphatic hydroxyl groups excluding tert-OH is 2. The number of carbonyl (C=O) groups is 2. The molecule has 3 unspecified atom stereocenters. The third kappa shape index (κ3) is 9.30. The van der Waals surface area contributed by atoms with E-state index in [1.54, 1.807) is 25.4 Å². The number of allylic oxidation sites excluding steroid dienone is 4. The molecule has 1 saturated heterocycles. The van der Waals surface area contributed by atoms with E-state index in [9.17, 15) is 14.7 Å². The first-order chi connectivity index (χ1) is 23.2. The minimum Gasteiger partial charge on any atom is -0.491 e. The molecule has 0 spiro atoms. The molecule has 0 saturated carbocycles. The summed E-state index contributed by atoms with van der Waals surface area (Å²) in [5, 5.41) is 32.9. The highest BCUT2D eigenvalue weighted by Gasteiger charge is 2.29. The van der Waals surface area contributed by atoms with Crippen LogP contribution in [0.5, 0.6) is 0 Å². The number of hydrogen-bond donors (Lipinski definition) is 6. The molecule has 11 nitrogen and oxygen atoms in total. The highest BCUT2D eigenvalue weighted by atomic mass is 16.5. The molecule has 1 aromatic rings. The van der Waals surface area contributed by atoms with Crippen molar-refractivity contribution in [2.24, 2.45) is 5.92 Å². The number of anilines is 2. The molecule has 0 aromatic heterocycles. The Hall–Kier alpha value is -4.06. The van der Waals surface area contributed by atoms with Crippen molar-refractivity contribution in [1.29, 1.82) is 0 Å². The van der Waals surface area contributed by atoms with Gasteiger partial charge in [0, 0.05) is 75.4 Å². The van der Waals surface area contributed by atoms with Crippen molar-refractivity contribution in [2.45, 2.75) is 64.3 Å². The number of aldehydes is 2. The maximum Gasteiger partial charge on any atom is 0.152 e. The van der Waals surface area contributed by atoms with Gasteiger partial charge in [-0.1, -0.05) is 26.5 Å². The highest BCUT2D eigenvalue weighted by Crippen LogP contribution is 2.37. The maximum atomic E-state index is 12.5. The van der Waals surface area contributed by atoms with Crippen LogP contribution in [-0.2, 0) is 9.53 Å². The van der Waals surface area contributed by atoms with Crippen molar-refractivity contribution in [3.63, 3.8) is 0 Å². The number of carbonyl (C=O) groups excluding carboxylic acids is 2. The van der Waals surface area contributed by atoms with E-state index in [1.165, 1.54) is 0 Å². The summed E-state index contributed by atoms with van der Waals surface area (Å²) >= 11 is 0. The molecule has 0 amide bonds. The van der Waals surface area contributed by atoms with E-state index in [2.05, 4.69) is 63.6 Å². The van der Waals surface area contributed by atoms with E-state index in [0.29, 0.717) is 34.5 Å². The largest absolute Gasteiger partial charge is 0.491 e. The Morgan fingerprint density at radius 1 is 1.23 bits per heavy atom. The number of aliphatic hydroxyl groups is 2. The van der Waals surface area contributed by atoms with Crippen LogP contribution in [0, 0.1) is 5.92 Å². The van der Waals surface area contributed by atoms with E-state index in [0.717, 1.165) is 92.6 Å². The lowest BCUT2D eigenvalue weighted by Crippen LogP contribution is -2.43. The Bertz CT molecular complexity index is 1410. The van der Waals surface area contributed by atoms with E-state index in [4.69, 9.17) is 9.84 Å². The molecule has 3 aliphatic rings. The van der Waals surface area contributed by atoms with Crippen molar-refractivity contribution < 1.29 is 24.5 Å². The fourth-order valence-corrected chi connectivity index (χ4v) is 6.49. The molecule has 0 bridgehead atoms. The fourth-order valence-electron chi connectivity index (χ4n) is 6.49. The summed E-state index contributed by atoms with van der Waals surface area (Å²) in [6.07, 6.45) is 12.5. The van der Waals surface area contributed by atoms with E-state index in [1.807, 2.05) is 13.1 Å². The van der Waals surface area contributed by atoms with Gasteiger partial charge in [0.1, 0.15) is 24.6 Å². The number of rotatable bonds is 18. The topological polar surface area (TPSA) is 138 Å². The van der Waals surface area contributed by atoms with Gasteiger partial charge in [-0.05, 0) is 74.1 Å². The van der Waals surface area contributed by atoms with Crippen LogP contribution in [0.3, 0.4) is 0 Å². The van der Waals surface area contributed by atoms with E-state index in [-0.39, 0.29) is 19.8 Å². The first-order valence-electron chi connectivity index (χ1n) is 17.1. The number of hydrogen-bond acceptors (Lipinski definition) is 11. The molecule has 1 aliphatic carbocycles. The minimum atomic E-state index is -0.815. The Morgan fingerprint density at radius 2 is 1.96 bits per heavy atom. The first-order valence-corrected chi connectivity index (χ1v) is 17.1. The fraction of sp³-hybridized carbons (Fsp3) is 0.514. The van der Waals surface area contributed by atoms with E-state index < -0.39 is 12.3 Å². The lowest BCUT2D eigenvalue weighted by molar-refractivity contribution is -0.105. The monoisotopic (exact) mass is 662 g/mol. The van der Waals surface area contributed by atoms with Crippen molar-refractivity contribution >= 4 is 29.6 Å². The average Bonchev–Trinajstić information content (AvgIpc) is 3.52. The van der Waals surface area contributed by atoms with Crippen LogP contribution in [0.15, 0.2) is 65.7 Å². The van der Waals surface area contributed by atoms with Crippen molar-refractivity contribution in [1.82, 2.24) is 20.4 Å². The zero-order valence-electron chi connectivity index (χ0n) is 28.9. The summed E-state index contributed by atoms with van der Waals surface area (Å²) in [5.74, 6) is 1.30. The minimum absolute atomic E-state index is 0.119. The van der Waals surface area contributed by atoms with Gasteiger partial charge in [0.15, 0.2) is 12.6 Å². The molecule has 4 rings (SSSR count). The second-order valence-electron chi connectivity index (χ2n) is 12.8. The average molecular weight is 663 g/mol. The molecule has 2 heterocycles. The van der Waals surface area contributed by atoms with Crippen LogP contribution in [0.2, 0.25) is 0 Å². The van der Waals surface area contributed by atoms with Crippen LogP contribution in [0.4, 0.5) is 11.4 Å². The van der Waals surface area contributed by atoms with Gasteiger partial charge in [-0.15, -0.1) is 0 Å². The van der Waals surface area contributed by atoms with Gasteiger partial charge >= 0.3 is 0 Å². The zero-order valence-corrected chi connectivity index (χ0v) is 28.9. The molecular formula is C37H54N6O5. The molecular weight excluding hydrogens is 608 g/mol. The van der Waals surface area contributed by atoms with Gasteiger partial charge in [0.25, 0.3) is 0 Å². The SMILES string of the molecule is C=C(c1cc2c(cc1C=O)NC(/C(C=O)=C(/C=C\NC)NCC(O)COC1=CCC(C)C=C1CC)N2)N(C)C1CCN(CCCO)CC1. The summed E-state index contributed by atoms with van der Waals surface area (Å²) in [4.78, 5) is 29.3. The van der Waals surface area contributed by atoms with Crippen molar-refractivity contribution in [3.05, 3.63) is 76.9 Å². The number of likely N-dealkylation sites (tertiary alicyclic amines) is 1. The van der Waals surface area contributed by atoms with Crippen LogP contribution in [-0.4, -0.2) is 104 Å².